The molecule has 96 valence electrons. The average Bonchev–Trinajstić information content (AvgIpc) is 2.93. The number of nitrogens with zero attached hydrogens (tertiary/aromatic N) is 6. The number of fused-ring (bicyclic) bond motifs is 3. The Labute approximate surface area is 114 Å². The molecule has 0 unspecified atom stereocenters. The van der Waals surface area contributed by atoms with E-state index in [1.807, 2.05) is 12.1 Å². The molecule has 0 atom stereocenters. The minimum Gasteiger partial charge on any atom is -0.255 e. The highest BCUT2D eigenvalue weighted by Crippen LogP contribution is 2.30. The second-order valence-electron chi connectivity index (χ2n) is 4.72. The summed E-state index contributed by atoms with van der Waals surface area (Å²) in [5.74, 6) is 0.250. The normalized spacial score (nSPS) is 10.8. The molecular weight excluding hydrogens is 252 g/mol. The summed E-state index contributed by atoms with van der Waals surface area (Å²) >= 11 is 0. The van der Waals surface area contributed by atoms with Crippen LogP contribution in [0.2, 0.25) is 0 Å². The summed E-state index contributed by atoms with van der Waals surface area (Å²) in [4.78, 5) is 8.50. The fourth-order valence-electron chi connectivity index (χ4n) is 2.39. The van der Waals surface area contributed by atoms with Gasteiger partial charge in [0, 0.05) is 11.6 Å². The highest BCUT2D eigenvalue weighted by Gasteiger charge is 2.20. The van der Waals surface area contributed by atoms with Crippen molar-refractivity contribution in [3.05, 3.63) is 35.4 Å². The van der Waals surface area contributed by atoms with Gasteiger partial charge in [-0.25, -0.2) is 9.50 Å². The van der Waals surface area contributed by atoms with E-state index in [9.17, 15) is 10.5 Å². The zero-order chi connectivity index (χ0) is 14.3. The van der Waals surface area contributed by atoms with Crippen LogP contribution in [0.4, 0.5) is 0 Å². The van der Waals surface area contributed by atoms with Gasteiger partial charge in [-0.2, -0.15) is 15.6 Å². The predicted octanol–water partition coefficient (Wildman–Crippen LogP) is 2.14. The van der Waals surface area contributed by atoms with Crippen molar-refractivity contribution in [1.82, 2.24) is 19.6 Å². The predicted molar refractivity (Wildman–Crippen MR) is 71.8 cm³/mol. The molecule has 3 aromatic rings. The average molecular weight is 262 g/mol. The SMILES string of the molecule is CC(C)c1ccnc2c(C#N)c(C#N)n3ncnc3c12. The number of aromatic nitrogens is 4. The summed E-state index contributed by atoms with van der Waals surface area (Å²) in [7, 11) is 0. The van der Waals surface area contributed by atoms with Crippen LogP contribution in [-0.2, 0) is 0 Å². The van der Waals surface area contributed by atoms with E-state index < -0.39 is 0 Å². The Bertz CT molecular complexity index is 907. The van der Waals surface area contributed by atoms with Gasteiger partial charge < -0.3 is 0 Å². The van der Waals surface area contributed by atoms with Crippen LogP contribution in [-0.4, -0.2) is 19.6 Å². The van der Waals surface area contributed by atoms with E-state index in [2.05, 4.69) is 35.0 Å². The lowest BCUT2D eigenvalue weighted by Gasteiger charge is -2.11. The van der Waals surface area contributed by atoms with Crippen LogP contribution in [0.1, 0.15) is 36.6 Å². The molecule has 3 aromatic heterocycles. The molecule has 6 nitrogen and oxygen atoms in total. The highest BCUT2D eigenvalue weighted by atomic mass is 15.3. The van der Waals surface area contributed by atoms with E-state index in [0.29, 0.717) is 11.2 Å². The van der Waals surface area contributed by atoms with Gasteiger partial charge in [0.15, 0.2) is 11.3 Å². The van der Waals surface area contributed by atoms with E-state index in [1.165, 1.54) is 10.8 Å². The Morgan fingerprint density at radius 1 is 1.20 bits per heavy atom. The zero-order valence-electron chi connectivity index (χ0n) is 11.0. The first-order chi connectivity index (χ1) is 9.69. The molecule has 0 aliphatic heterocycles. The number of rotatable bonds is 1. The molecule has 3 rings (SSSR count). The number of pyridine rings is 2. The third-order valence-corrected chi connectivity index (χ3v) is 3.28. The van der Waals surface area contributed by atoms with Crippen LogP contribution < -0.4 is 0 Å². The summed E-state index contributed by atoms with van der Waals surface area (Å²) < 4.78 is 1.41. The van der Waals surface area contributed by atoms with Crippen molar-refractivity contribution in [2.45, 2.75) is 19.8 Å². The van der Waals surface area contributed by atoms with E-state index in [-0.39, 0.29) is 17.2 Å². The topological polar surface area (TPSA) is 90.7 Å². The minimum absolute atomic E-state index is 0.168. The molecule has 0 saturated carbocycles. The first kappa shape index (κ1) is 12.1. The van der Waals surface area contributed by atoms with Crippen LogP contribution >= 0.6 is 0 Å². The molecule has 0 spiro atoms. The van der Waals surface area contributed by atoms with Crippen molar-refractivity contribution < 1.29 is 0 Å². The summed E-state index contributed by atoms with van der Waals surface area (Å²) in [6.45, 7) is 4.12. The standard InChI is InChI=1S/C14H10N6/c1-8(2)9-3-4-17-13-10(5-15)11(6-16)20-14(12(9)13)18-7-19-20/h3-4,7-8H,1-2H3. The van der Waals surface area contributed by atoms with Crippen LogP contribution in [0.5, 0.6) is 0 Å². The molecule has 0 bridgehead atoms. The van der Waals surface area contributed by atoms with E-state index in [0.717, 1.165) is 10.9 Å². The first-order valence-electron chi connectivity index (χ1n) is 6.13. The largest absolute Gasteiger partial charge is 0.255 e. The quantitative estimate of drug-likeness (QED) is 0.670. The first-order valence-corrected chi connectivity index (χ1v) is 6.13. The zero-order valence-corrected chi connectivity index (χ0v) is 11.0. The van der Waals surface area contributed by atoms with Gasteiger partial charge in [-0.3, -0.25) is 4.98 Å². The Balaban J connectivity index is 2.68. The molecule has 0 amide bonds. The summed E-state index contributed by atoms with van der Waals surface area (Å²) in [6, 6.07) is 5.99. The maximum Gasteiger partial charge on any atom is 0.166 e. The van der Waals surface area contributed by atoms with Crippen molar-refractivity contribution in [3.63, 3.8) is 0 Å². The second kappa shape index (κ2) is 4.29. The van der Waals surface area contributed by atoms with Crippen LogP contribution in [0.3, 0.4) is 0 Å². The Morgan fingerprint density at radius 2 is 2.00 bits per heavy atom. The lowest BCUT2D eigenvalue weighted by atomic mass is 9.98. The van der Waals surface area contributed by atoms with Crippen LogP contribution in [0.15, 0.2) is 18.6 Å². The van der Waals surface area contributed by atoms with Crippen LogP contribution in [0, 0.1) is 22.7 Å². The van der Waals surface area contributed by atoms with Gasteiger partial charge in [0.25, 0.3) is 0 Å². The smallest absolute Gasteiger partial charge is 0.166 e. The van der Waals surface area contributed by atoms with Crippen molar-refractivity contribution in [2.75, 3.05) is 0 Å². The molecule has 0 radical (unpaired) electrons. The van der Waals surface area contributed by atoms with Crippen molar-refractivity contribution >= 4 is 16.6 Å². The third kappa shape index (κ3) is 1.45. The molecular formula is C14H10N6. The van der Waals surface area contributed by atoms with E-state index in [4.69, 9.17) is 0 Å². The number of hydrogen-bond acceptors (Lipinski definition) is 5. The molecule has 0 fully saturated rings. The Kier molecular flexibility index (Phi) is 2.59. The molecule has 20 heavy (non-hydrogen) atoms. The van der Waals surface area contributed by atoms with Gasteiger partial charge in [0.05, 0.1) is 5.52 Å². The third-order valence-electron chi connectivity index (χ3n) is 3.28. The highest BCUT2D eigenvalue weighted by molar-refractivity contribution is 5.98. The van der Waals surface area contributed by atoms with Gasteiger partial charge in [0.1, 0.15) is 24.0 Å². The molecule has 6 heteroatoms. The number of hydrogen-bond donors (Lipinski definition) is 0. The number of nitriles is 2. The fourth-order valence-corrected chi connectivity index (χ4v) is 2.39. The monoisotopic (exact) mass is 262 g/mol. The Morgan fingerprint density at radius 3 is 2.65 bits per heavy atom. The molecule has 0 aliphatic carbocycles. The molecule has 0 N–H and O–H groups in total. The molecule has 0 aliphatic rings. The fraction of sp³-hybridized carbons (Fsp3) is 0.214. The van der Waals surface area contributed by atoms with Gasteiger partial charge in [0.2, 0.25) is 0 Å². The van der Waals surface area contributed by atoms with Crippen LogP contribution in [0.25, 0.3) is 16.6 Å². The van der Waals surface area contributed by atoms with Gasteiger partial charge in [-0.05, 0) is 17.5 Å². The lowest BCUT2D eigenvalue weighted by Crippen LogP contribution is -2.04. The van der Waals surface area contributed by atoms with Gasteiger partial charge in [-0.1, -0.05) is 13.8 Å². The maximum atomic E-state index is 9.37. The van der Waals surface area contributed by atoms with Crippen molar-refractivity contribution in [2.24, 2.45) is 0 Å². The summed E-state index contributed by atoms with van der Waals surface area (Å²) in [5.41, 5.74) is 2.51. The molecule has 0 aromatic carbocycles. The summed E-state index contributed by atoms with van der Waals surface area (Å²) in [5, 5.41) is 23.5. The summed E-state index contributed by atoms with van der Waals surface area (Å²) in [6.07, 6.45) is 3.04. The Hall–Kier alpha value is -2.99. The second-order valence-corrected chi connectivity index (χ2v) is 4.72. The molecule has 3 heterocycles. The van der Waals surface area contributed by atoms with E-state index >= 15 is 0 Å². The van der Waals surface area contributed by atoms with Gasteiger partial charge in [-0.15, -0.1) is 0 Å². The van der Waals surface area contributed by atoms with Crippen molar-refractivity contribution in [3.8, 4) is 12.1 Å². The van der Waals surface area contributed by atoms with Crippen molar-refractivity contribution in [1.29, 1.82) is 10.5 Å². The lowest BCUT2D eigenvalue weighted by molar-refractivity contribution is 0.871. The minimum atomic E-state index is 0.168. The molecule has 0 saturated heterocycles. The van der Waals surface area contributed by atoms with E-state index in [1.54, 1.807) is 6.20 Å². The maximum absolute atomic E-state index is 9.37. The van der Waals surface area contributed by atoms with Gasteiger partial charge >= 0.3 is 0 Å².